The van der Waals surface area contributed by atoms with Crippen molar-refractivity contribution < 1.29 is 63.6 Å². The largest absolute Gasteiger partial charge is 1.00 e. The first kappa shape index (κ1) is 19.2. The Morgan fingerprint density at radius 3 is 2.58 bits per heavy atom. The second-order valence-corrected chi connectivity index (χ2v) is 7.74. The molecule has 0 aromatic rings. The van der Waals surface area contributed by atoms with E-state index in [1.54, 1.807) is 0 Å². The van der Waals surface area contributed by atoms with Gasteiger partial charge in [0.25, 0.3) is 0 Å². The number of hydrogen-bond donors (Lipinski definition) is 2. The van der Waals surface area contributed by atoms with E-state index in [9.17, 15) is 27.9 Å². The summed E-state index contributed by atoms with van der Waals surface area (Å²) in [7, 11) is -3.57. The number of primary amides is 1. The van der Waals surface area contributed by atoms with Gasteiger partial charge in [-0.3, -0.25) is 9.69 Å². The Morgan fingerprint density at radius 2 is 2.08 bits per heavy atom. The zero-order chi connectivity index (χ0) is 17.1. The van der Waals surface area contributed by atoms with Gasteiger partial charge in [0.2, 0.25) is 15.9 Å². The molecule has 0 aromatic carbocycles. The van der Waals surface area contributed by atoms with Crippen molar-refractivity contribution in [2.24, 2.45) is 11.7 Å². The summed E-state index contributed by atoms with van der Waals surface area (Å²) in [5.74, 6) is -2.13. The van der Waals surface area contributed by atoms with Crippen molar-refractivity contribution in [2.45, 2.75) is 18.5 Å². The Labute approximate surface area is 161 Å². The van der Waals surface area contributed by atoms with Crippen LogP contribution in [0.5, 0.6) is 0 Å². The molecule has 0 spiro atoms. The molecule has 128 valence electrons. The van der Waals surface area contributed by atoms with E-state index in [2.05, 4.69) is 4.74 Å². The predicted octanol–water partition coefficient (Wildman–Crippen LogP) is -4.59. The standard InChI is InChI=1S/C12H15N3O7S.Na.H/c1-23(20,21)14-3-5-2-6(4-22-12(13)19)8(11(17)18)15-7(5)9(14)10(15)16;;/h5,7,9H,2-4H2,1H3,(H2,13,19)(H,17,18);;/q;+1;-1/t5-,7-,9+;;/m1../s1. The molecule has 0 unspecified atom stereocenters. The number of nitrogens with zero attached hydrogens (tertiary/aromatic N) is 2. The topological polar surface area (TPSA) is 147 Å². The molecule has 3 aliphatic rings. The first-order valence-corrected chi connectivity index (χ1v) is 8.65. The summed E-state index contributed by atoms with van der Waals surface area (Å²) in [6.45, 7) is -0.211. The molecule has 3 N–H and O–H groups in total. The van der Waals surface area contributed by atoms with Gasteiger partial charge < -0.3 is 17.0 Å². The van der Waals surface area contributed by atoms with Gasteiger partial charge in [-0.15, -0.1) is 0 Å². The van der Waals surface area contributed by atoms with Crippen molar-refractivity contribution in [3.8, 4) is 0 Å². The monoisotopic (exact) mass is 369 g/mol. The van der Waals surface area contributed by atoms with E-state index in [0.29, 0.717) is 0 Å². The molecule has 3 heterocycles. The van der Waals surface area contributed by atoms with E-state index in [1.165, 1.54) is 0 Å². The first-order chi connectivity index (χ1) is 10.6. The zero-order valence-electron chi connectivity index (χ0n) is 14.1. The fraction of sp³-hybridized carbons (Fsp3) is 0.583. The van der Waals surface area contributed by atoms with E-state index in [-0.39, 0.29) is 67.7 Å². The van der Waals surface area contributed by atoms with Crippen LogP contribution in [0.2, 0.25) is 0 Å². The molecule has 0 aromatic heterocycles. The van der Waals surface area contributed by atoms with E-state index >= 15 is 0 Å². The number of rotatable bonds is 4. The van der Waals surface area contributed by atoms with Crippen molar-refractivity contribution in [3.05, 3.63) is 11.3 Å². The number of ether oxygens (including phenoxy) is 1. The van der Waals surface area contributed by atoms with Crippen LogP contribution in [0.25, 0.3) is 0 Å². The van der Waals surface area contributed by atoms with Crippen LogP contribution in [0, 0.1) is 5.92 Å². The van der Waals surface area contributed by atoms with Crippen molar-refractivity contribution in [2.75, 3.05) is 19.4 Å². The second-order valence-electron chi connectivity index (χ2n) is 5.81. The minimum Gasteiger partial charge on any atom is -1.00 e. The summed E-state index contributed by atoms with van der Waals surface area (Å²) >= 11 is 0. The third-order valence-electron chi connectivity index (χ3n) is 4.42. The quantitative estimate of drug-likeness (QED) is 0.374. The van der Waals surface area contributed by atoms with E-state index in [0.717, 1.165) is 15.5 Å². The number of amides is 2. The Kier molecular flexibility index (Phi) is 5.04. The molecule has 0 saturated carbocycles. The molecule has 2 amide bonds. The molecule has 0 bridgehead atoms. The molecule has 10 nitrogen and oxygen atoms in total. The number of carbonyl (C=O) groups is 3. The predicted molar refractivity (Wildman–Crippen MR) is 75.4 cm³/mol. The van der Waals surface area contributed by atoms with Crippen LogP contribution >= 0.6 is 0 Å². The molecule has 3 rings (SSSR count). The molecule has 3 aliphatic heterocycles. The van der Waals surface area contributed by atoms with Gasteiger partial charge in [-0.2, -0.15) is 4.31 Å². The maximum absolute atomic E-state index is 12.3. The average Bonchev–Trinajstić information content (AvgIpc) is 2.79. The fourth-order valence-electron chi connectivity index (χ4n) is 3.62. The first-order valence-electron chi connectivity index (χ1n) is 6.80. The summed E-state index contributed by atoms with van der Waals surface area (Å²) in [5.41, 5.74) is 4.89. The summed E-state index contributed by atoms with van der Waals surface area (Å²) in [4.78, 5) is 35.7. The number of carboxylic acid groups (broad SMARTS) is 1. The van der Waals surface area contributed by atoms with E-state index in [1.807, 2.05) is 0 Å². The average molecular weight is 369 g/mol. The van der Waals surface area contributed by atoms with Crippen molar-refractivity contribution in [3.63, 3.8) is 0 Å². The number of aliphatic carboxylic acids is 1. The summed E-state index contributed by atoms with van der Waals surface area (Å²) in [5, 5.41) is 9.38. The normalized spacial score (nSPS) is 28.8. The molecular weight excluding hydrogens is 353 g/mol. The number of hydrogen-bond acceptors (Lipinski definition) is 6. The van der Waals surface area contributed by atoms with Crippen molar-refractivity contribution >= 4 is 28.0 Å². The van der Waals surface area contributed by atoms with Crippen molar-refractivity contribution in [1.29, 1.82) is 0 Å². The summed E-state index contributed by atoms with van der Waals surface area (Å²) in [6, 6.07) is -1.33. The molecule has 2 saturated heterocycles. The van der Waals surface area contributed by atoms with E-state index in [4.69, 9.17) is 5.73 Å². The fourth-order valence-corrected chi connectivity index (χ4v) is 4.71. The van der Waals surface area contributed by atoms with Gasteiger partial charge in [0.15, 0.2) is 0 Å². The van der Waals surface area contributed by atoms with E-state index < -0.39 is 40.1 Å². The zero-order valence-corrected chi connectivity index (χ0v) is 15.9. The van der Waals surface area contributed by atoms with Crippen LogP contribution in [0.4, 0.5) is 4.79 Å². The third kappa shape index (κ3) is 2.84. The molecule has 12 heteroatoms. The maximum Gasteiger partial charge on any atom is 1.00 e. The molecule has 3 atom stereocenters. The summed E-state index contributed by atoms with van der Waals surface area (Å²) in [6.07, 6.45) is 0.191. The number of sulfonamides is 1. The van der Waals surface area contributed by atoms with Crippen LogP contribution in [-0.4, -0.2) is 72.2 Å². The number of carboxylic acids is 1. The molecule has 0 radical (unpaired) electrons. The van der Waals surface area contributed by atoms with Gasteiger partial charge in [-0.25, -0.2) is 18.0 Å². The van der Waals surface area contributed by atoms with Crippen molar-refractivity contribution in [1.82, 2.24) is 9.21 Å². The smallest absolute Gasteiger partial charge is 1.00 e. The maximum atomic E-state index is 12.3. The molecule has 24 heavy (non-hydrogen) atoms. The van der Waals surface area contributed by atoms with Gasteiger partial charge >= 0.3 is 41.6 Å². The van der Waals surface area contributed by atoms with Crippen LogP contribution in [0.3, 0.4) is 0 Å². The second kappa shape index (κ2) is 6.30. The molecular formula is C12H16N3NaO7S. The van der Waals surface area contributed by atoms with Crippen LogP contribution < -0.4 is 35.3 Å². The summed E-state index contributed by atoms with van der Waals surface area (Å²) < 4.78 is 29.4. The SMILES string of the molecule is CS(=O)(=O)N1C[C@H]2CC(COC(N)=O)=C(C(=O)O)N3C(=O)[C@@H]1[C@@H]23.[H-].[Na+]. The van der Waals surface area contributed by atoms with Gasteiger partial charge in [-0.05, 0) is 17.9 Å². The van der Waals surface area contributed by atoms with Crippen LogP contribution in [0.1, 0.15) is 7.85 Å². The number of nitrogens with two attached hydrogens (primary N) is 1. The van der Waals surface area contributed by atoms with Gasteiger partial charge in [0.1, 0.15) is 18.3 Å². The minimum absolute atomic E-state index is 0. The van der Waals surface area contributed by atoms with Gasteiger partial charge in [-0.1, -0.05) is 0 Å². The van der Waals surface area contributed by atoms with Crippen LogP contribution in [0.15, 0.2) is 11.3 Å². The Morgan fingerprint density at radius 1 is 1.46 bits per heavy atom. The van der Waals surface area contributed by atoms with Gasteiger partial charge in [0, 0.05) is 6.54 Å². The van der Waals surface area contributed by atoms with Gasteiger partial charge in [0.05, 0.1) is 12.3 Å². The number of β-lactam (4-membered cyclic amide) rings is 1. The third-order valence-corrected chi connectivity index (χ3v) is 5.65. The molecule has 0 aliphatic carbocycles. The Hall–Kier alpha value is -1.14. The Bertz CT molecular complexity index is 756. The number of carbonyl (C=O) groups excluding carboxylic acids is 2. The van der Waals surface area contributed by atoms with Crippen LogP contribution in [-0.2, 0) is 24.3 Å². The Balaban J connectivity index is 0.00000156. The minimum atomic E-state index is -3.57. The molecule has 2 fully saturated rings.